The predicted octanol–water partition coefficient (Wildman–Crippen LogP) is 3.61. The first-order chi connectivity index (χ1) is 4.00. The maximum Gasteiger partial charge on any atom is -0.0533 e. The second-order valence-electron chi connectivity index (χ2n) is 1.41. The fraction of sp³-hybridized carbons (Fsp3) is 1.00. The smallest absolute Gasteiger partial charge is 0.0533 e. The molecule has 0 aliphatic heterocycles. The minimum Gasteiger partial charge on any atom is -0.0683 e. The molecule has 0 radical (unpaired) electrons. The molecule has 0 amide bonds. The highest BCUT2D eigenvalue weighted by Gasteiger charge is 1.95. The lowest BCUT2D eigenvalue weighted by atomic mass is 10.0. The lowest BCUT2D eigenvalue weighted by Crippen LogP contribution is -1.85. The molecule has 0 saturated heterocycles. The van der Waals surface area contributed by atoms with Crippen LogP contribution in [0, 0.1) is 0 Å². The molecule has 0 aromatic carbocycles. The van der Waals surface area contributed by atoms with Crippen LogP contribution in [-0.2, 0) is 0 Å². The molecule has 0 bridgehead atoms. The molecule has 1 aliphatic rings. The average molecular weight is 116 g/mol. The van der Waals surface area contributed by atoms with Crippen molar-refractivity contribution in [2.45, 2.75) is 53.4 Å². The van der Waals surface area contributed by atoms with Crippen LogP contribution in [0.2, 0.25) is 0 Å². The van der Waals surface area contributed by atoms with Crippen molar-refractivity contribution < 1.29 is 0 Å². The summed E-state index contributed by atoms with van der Waals surface area (Å²) in [7, 11) is 0. The van der Waals surface area contributed by atoms with Crippen LogP contribution in [0.4, 0.5) is 0 Å². The third-order valence-electron chi connectivity index (χ3n) is 1.000. The monoisotopic (exact) mass is 116 g/mol. The predicted molar refractivity (Wildman–Crippen MR) is 41.2 cm³/mol. The Kier molecular flexibility index (Phi) is 21.4. The Bertz CT molecular complexity index is 8.00. The largest absolute Gasteiger partial charge is 0.0683 e. The molecule has 0 unspecified atom stereocenters. The standard InChI is InChI=1S/C4H8.2C2H6/c1-2-4-3-1;2*1-2/h1-4H2;2*1-2H3. The van der Waals surface area contributed by atoms with Crippen LogP contribution >= 0.6 is 0 Å². The summed E-state index contributed by atoms with van der Waals surface area (Å²) in [5.41, 5.74) is 0. The van der Waals surface area contributed by atoms with Gasteiger partial charge < -0.3 is 0 Å². The van der Waals surface area contributed by atoms with E-state index in [0.29, 0.717) is 0 Å². The number of hydrogen-bond donors (Lipinski definition) is 0. The summed E-state index contributed by atoms with van der Waals surface area (Å²) in [5.74, 6) is 0. The summed E-state index contributed by atoms with van der Waals surface area (Å²) >= 11 is 0. The topological polar surface area (TPSA) is 0 Å². The van der Waals surface area contributed by atoms with E-state index < -0.39 is 0 Å². The van der Waals surface area contributed by atoms with Gasteiger partial charge in [-0.1, -0.05) is 53.4 Å². The summed E-state index contributed by atoms with van der Waals surface area (Å²) in [6, 6.07) is 0. The van der Waals surface area contributed by atoms with Crippen molar-refractivity contribution >= 4 is 0 Å². The van der Waals surface area contributed by atoms with Gasteiger partial charge in [0, 0.05) is 0 Å². The molecule has 0 heterocycles. The molecular formula is C8H20. The third kappa shape index (κ3) is 9.38. The van der Waals surface area contributed by atoms with E-state index in [1.165, 1.54) is 25.7 Å². The van der Waals surface area contributed by atoms with Crippen molar-refractivity contribution in [3.8, 4) is 0 Å². The Morgan fingerprint density at radius 2 is 0.625 bits per heavy atom. The Balaban J connectivity index is 0. The Hall–Kier alpha value is 0. The van der Waals surface area contributed by atoms with Gasteiger partial charge in [-0.15, -0.1) is 0 Å². The quantitative estimate of drug-likeness (QED) is 0.453. The minimum atomic E-state index is 1.50. The molecule has 1 aliphatic carbocycles. The van der Waals surface area contributed by atoms with E-state index in [4.69, 9.17) is 0 Å². The Morgan fingerprint density at radius 3 is 0.625 bits per heavy atom. The molecule has 0 heteroatoms. The van der Waals surface area contributed by atoms with Crippen LogP contribution in [0.3, 0.4) is 0 Å². The molecule has 0 N–H and O–H groups in total. The van der Waals surface area contributed by atoms with Gasteiger partial charge in [0.05, 0.1) is 0 Å². The van der Waals surface area contributed by atoms with Crippen LogP contribution in [0.1, 0.15) is 53.4 Å². The van der Waals surface area contributed by atoms with E-state index in [2.05, 4.69) is 0 Å². The zero-order valence-electron chi connectivity index (χ0n) is 6.83. The van der Waals surface area contributed by atoms with Crippen LogP contribution in [-0.4, -0.2) is 0 Å². The van der Waals surface area contributed by atoms with Gasteiger partial charge in [0.2, 0.25) is 0 Å². The summed E-state index contributed by atoms with van der Waals surface area (Å²) in [4.78, 5) is 0. The number of rotatable bonds is 0. The Labute approximate surface area is 54.3 Å². The molecule has 0 spiro atoms. The van der Waals surface area contributed by atoms with Gasteiger partial charge in [-0.25, -0.2) is 0 Å². The summed E-state index contributed by atoms with van der Waals surface area (Å²) in [6.45, 7) is 8.00. The van der Waals surface area contributed by atoms with E-state index in [-0.39, 0.29) is 0 Å². The molecule has 0 nitrogen and oxygen atoms in total. The van der Waals surface area contributed by atoms with Gasteiger partial charge in [-0.3, -0.25) is 0 Å². The van der Waals surface area contributed by atoms with E-state index in [1.54, 1.807) is 0 Å². The summed E-state index contributed by atoms with van der Waals surface area (Å²) in [6.07, 6.45) is 6.00. The first kappa shape index (κ1) is 10.9. The molecule has 52 valence electrons. The van der Waals surface area contributed by atoms with Crippen molar-refractivity contribution in [1.29, 1.82) is 0 Å². The summed E-state index contributed by atoms with van der Waals surface area (Å²) in [5, 5.41) is 0. The highest BCUT2D eigenvalue weighted by molar-refractivity contribution is 4.50. The van der Waals surface area contributed by atoms with Crippen molar-refractivity contribution in [2.24, 2.45) is 0 Å². The maximum absolute atomic E-state index is 2.00. The fourth-order valence-electron chi connectivity index (χ4n) is 0.250. The summed E-state index contributed by atoms with van der Waals surface area (Å²) < 4.78 is 0. The van der Waals surface area contributed by atoms with E-state index in [0.717, 1.165) is 0 Å². The van der Waals surface area contributed by atoms with E-state index in [1.807, 2.05) is 27.7 Å². The molecular weight excluding hydrogens is 96.1 g/mol. The van der Waals surface area contributed by atoms with E-state index >= 15 is 0 Å². The average Bonchev–Trinajstić information content (AvgIpc) is 1.72. The van der Waals surface area contributed by atoms with Crippen molar-refractivity contribution in [1.82, 2.24) is 0 Å². The van der Waals surface area contributed by atoms with Crippen LogP contribution in [0.15, 0.2) is 0 Å². The van der Waals surface area contributed by atoms with E-state index in [9.17, 15) is 0 Å². The second-order valence-corrected chi connectivity index (χ2v) is 1.41. The van der Waals surface area contributed by atoms with Crippen LogP contribution in [0.25, 0.3) is 0 Å². The SMILES string of the molecule is C1CCC1.CC.CC. The van der Waals surface area contributed by atoms with Gasteiger partial charge in [0.1, 0.15) is 0 Å². The van der Waals surface area contributed by atoms with Crippen molar-refractivity contribution in [3.63, 3.8) is 0 Å². The maximum atomic E-state index is 2.00. The molecule has 8 heavy (non-hydrogen) atoms. The fourth-order valence-corrected chi connectivity index (χ4v) is 0.250. The molecule has 0 aromatic rings. The van der Waals surface area contributed by atoms with Gasteiger partial charge >= 0.3 is 0 Å². The molecule has 1 fully saturated rings. The van der Waals surface area contributed by atoms with Gasteiger partial charge in [-0.05, 0) is 0 Å². The van der Waals surface area contributed by atoms with Gasteiger partial charge in [0.25, 0.3) is 0 Å². The number of hydrogen-bond acceptors (Lipinski definition) is 0. The lowest BCUT2D eigenvalue weighted by molar-refractivity contribution is 0.504. The third-order valence-corrected chi connectivity index (χ3v) is 1.000. The zero-order valence-corrected chi connectivity index (χ0v) is 6.83. The van der Waals surface area contributed by atoms with Gasteiger partial charge in [0.15, 0.2) is 0 Å². The molecule has 1 saturated carbocycles. The highest BCUT2D eigenvalue weighted by atomic mass is 14.0. The molecule has 0 atom stereocenters. The first-order valence-corrected chi connectivity index (χ1v) is 4.00. The highest BCUT2D eigenvalue weighted by Crippen LogP contribution is 2.15. The van der Waals surface area contributed by atoms with Crippen LogP contribution < -0.4 is 0 Å². The first-order valence-electron chi connectivity index (χ1n) is 4.00. The van der Waals surface area contributed by atoms with Crippen molar-refractivity contribution in [3.05, 3.63) is 0 Å². The lowest BCUT2D eigenvalue weighted by Gasteiger charge is -2.05. The Morgan fingerprint density at radius 1 is 0.500 bits per heavy atom. The van der Waals surface area contributed by atoms with Crippen LogP contribution in [0.5, 0.6) is 0 Å². The second kappa shape index (κ2) is 15.8. The van der Waals surface area contributed by atoms with Gasteiger partial charge in [-0.2, -0.15) is 0 Å². The zero-order chi connectivity index (χ0) is 6.83. The molecule has 0 aromatic heterocycles. The van der Waals surface area contributed by atoms with Crippen molar-refractivity contribution in [2.75, 3.05) is 0 Å². The normalized spacial score (nSPS) is 13.5. The molecule has 1 rings (SSSR count). The minimum absolute atomic E-state index is 1.50.